The Morgan fingerprint density at radius 2 is 2.13 bits per heavy atom. The third-order valence-electron chi connectivity index (χ3n) is 2.06. The molecule has 0 saturated heterocycles. The minimum atomic E-state index is -0.283. The lowest BCUT2D eigenvalue weighted by Gasteiger charge is -2.06. The smallest absolute Gasteiger partial charge is 0.147 e. The van der Waals surface area contributed by atoms with E-state index in [0.717, 1.165) is 0 Å². The number of rotatable bonds is 1. The molecule has 0 aliphatic rings. The molecule has 1 unspecified atom stereocenters. The van der Waals surface area contributed by atoms with E-state index < -0.39 is 0 Å². The molecule has 3 N–H and O–H groups in total. The van der Waals surface area contributed by atoms with Crippen LogP contribution in [-0.2, 0) is 0 Å². The van der Waals surface area contributed by atoms with Gasteiger partial charge in [0.05, 0.1) is 11.6 Å². The topological polar surface area (TPSA) is 72.0 Å². The first-order valence-electron chi connectivity index (χ1n) is 4.49. The van der Waals surface area contributed by atoms with Gasteiger partial charge >= 0.3 is 0 Å². The number of aromatic nitrogens is 2. The molecule has 4 nitrogen and oxygen atoms in total. The van der Waals surface area contributed by atoms with Gasteiger partial charge in [0, 0.05) is 11.5 Å². The molecule has 1 atom stereocenters. The zero-order valence-corrected chi connectivity index (χ0v) is 8.86. The summed E-state index contributed by atoms with van der Waals surface area (Å²) in [4.78, 5) is 8.29. The molecule has 0 spiro atoms. The molecule has 78 valence electrons. The van der Waals surface area contributed by atoms with Crippen LogP contribution in [0.5, 0.6) is 5.75 Å². The maximum atomic E-state index is 9.32. The number of hydrogen-bond donors (Lipinski definition) is 2. The van der Waals surface area contributed by atoms with Gasteiger partial charge in [-0.25, -0.2) is 9.97 Å². The van der Waals surface area contributed by atoms with Gasteiger partial charge in [-0.2, -0.15) is 0 Å². The van der Waals surface area contributed by atoms with Crippen LogP contribution in [0.15, 0.2) is 18.2 Å². The van der Waals surface area contributed by atoms with Crippen LogP contribution in [0.25, 0.3) is 10.9 Å². The van der Waals surface area contributed by atoms with Crippen molar-refractivity contribution in [1.29, 1.82) is 0 Å². The van der Waals surface area contributed by atoms with E-state index in [-0.39, 0.29) is 11.8 Å². The van der Waals surface area contributed by atoms with E-state index in [4.69, 9.17) is 17.3 Å². The number of fused-ring (bicyclic) bond motifs is 1. The van der Waals surface area contributed by atoms with Crippen LogP contribution in [0.3, 0.4) is 0 Å². The average molecular weight is 224 g/mol. The highest BCUT2D eigenvalue weighted by atomic mass is 35.5. The van der Waals surface area contributed by atoms with Crippen molar-refractivity contribution in [2.75, 3.05) is 0 Å². The van der Waals surface area contributed by atoms with Crippen LogP contribution >= 0.6 is 11.6 Å². The Morgan fingerprint density at radius 1 is 1.40 bits per heavy atom. The van der Waals surface area contributed by atoms with Crippen LogP contribution in [0.1, 0.15) is 18.8 Å². The fourth-order valence-corrected chi connectivity index (χ4v) is 1.55. The molecule has 0 fully saturated rings. The number of nitrogens with two attached hydrogens (primary N) is 1. The molecular formula is C10H10ClN3O. The van der Waals surface area contributed by atoms with E-state index in [2.05, 4.69) is 9.97 Å². The second kappa shape index (κ2) is 3.64. The van der Waals surface area contributed by atoms with Crippen molar-refractivity contribution in [3.8, 4) is 5.75 Å². The number of phenolic OH excluding ortho intramolecular Hbond substituents is 1. The summed E-state index contributed by atoms with van der Waals surface area (Å²) in [6.45, 7) is 1.78. The van der Waals surface area contributed by atoms with Crippen LogP contribution in [-0.4, -0.2) is 15.1 Å². The molecule has 0 aliphatic heterocycles. The van der Waals surface area contributed by atoms with Gasteiger partial charge in [-0.05, 0) is 19.1 Å². The maximum absolute atomic E-state index is 9.32. The van der Waals surface area contributed by atoms with Gasteiger partial charge in [0.2, 0.25) is 0 Å². The van der Waals surface area contributed by atoms with Crippen LogP contribution in [0.2, 0.25) is 5.15 Å². The van der Waals surface area contributed by atoms with E-state index in [1.54, 1.807) is 19.1 Å². The predicted octanol–water partition coefficient (Wildman–Crippen LogP) is 2.01. The molecule has 2 rings (SSSR count). The van der Waals surface area contributed by atoms with Crippen molar-refractivity contribution in [2.24, 2.45) is 5.73 Å². The van der Waals surface area contributed by atoms with Crippen LogP contribution < -0.4 is 5.73 Å². The van der Waals surface area contributed by atoms with Crippen molar-refractivity contribution < 1.29 is 5.11 Å². The Hall–Kier alpha value is -1.39. The summed E-state index contributed by atoms with van der Waals surface area (Å²) in [5.41, 5.74) is 6.26. The summed E-state index contributed by atoms with van der Waals surface area (Å²) in [5.74, 6) is 0.617. The van der Waals surface area contributed by atoms with Crippen LogP contribution in [0, 0.1) is 0 Å². The lowest BCUT2D eigenvalue weighted by Crippen LogP contribution is -2.10. The lowest BCUT2D eigenvalue weighted by atomic mass is 10.2. The summed E-state index contributed by atoms with van der Waals surface area (Å²) in [5, 5.41) is 10.4. The molecule has 1 aromatic heterocycles. The van der Waals surface area contributed by atoms with Crippen LogP contribution in [0.4, 0.5) is 0 Å². The normalized spacial score (nSPS) is 13.0. The molecule has 5 heteroatoms. The molecule has 1 aromatic carbocycles. The van der Waals surface area contributed by atoms with Gasteiger partial charge < -0.3 is 10.8 Å². The Labute approximate surface area is 91.7 Å². The first-order chi connectivity index (χ1) is 7.08. The Kier molecular flexibility index (Phi) is 2.46. The molecular weight excluding hydrogens is 214 g/mol. The summed E-state index contributed by atoms with van der Waals surface area (Å²) in [7, 11) is 0. The molecule has 0 radical (unpaired) electrons. The maximum Gasteiger partial charge on any atom is 0.147 e. The van der Waals surface area contributed by atoms with E-state index in [1.807, 2.05) is 0 Å². The minimum Gasteiger partial charge on any atom is -0.508 e. The number of phenols is 1. The summed E-state index contributed by atoms with van der Waals surface area (Å²) < 4.78 is 0. The number of aromatic hydroxyl groups is 1. The van der Waals surface area contributed by atoms with Gasteiger partial charge in [0.15, 0.2) is 0 Å². The van der Waals surface area contributed by atoms with Crippen molar-refractivity contribution in [2.45, 2.75) is 13.0 Å². The number of halogens is 1. The van der Waals surface area contributed by atoms with E-state index in [1.165, 1.54) is 6.07 Å². The van der Waals surface area contributed by atoms with Gasteiger partial charge in [0.25, 0.3) is 0 Å². The molecule has 0 bridgehead atoms. The molecule has 0 saturated carbocycles. The highest BCUT2D eigenvalue weighted by molar-refractivity contribution is 6.34. The van der Waals surface area contributed by atoms with Gasteiger partial charge in [-0.3, -0.25) is 0 Å². The average Bonchev–Trinajstić information content (AvgIpc) is 2.16. The number of nitrogens with zero attached hydrogens (tertiary/aromatic N) is 2. The molecule has 2 aromatic rings. The molecule has 0 aliphatic carbocycles. The highest BCUT2D eigenvalue weighted by Crippen LogP contribution is 2.24. The summed E-state index contributed by atoms with van der Waals surface area (Å²) in [6, 6.07) is 4.48. The zero-order chi connectivity index (χ0) is 11.0. The number of benzene rings is 1. The van der Waals surface area contributed by atoms with Gasteiger partial charge in [-0.15, -0.1) is 0 Å². The number of hydrogen-bond acceptors (Lipinski definition) is 4. The summed E-state index contributed by atoms with van der Waals surface area (Å²) in [6.07, 6.45) is 0. The third kappa shape index (κ3) is 1.86. The Bertz CT molecular complexity index is 513. The SMILES string of the molecule is CC(N)c1nc(Cl)c2ccc(O)cc2n1. The van der Waals surface area contributed by atoms with Crippen molar-refractivity contribution in [3.05, 3.63) is 29.2 Å². The molecule has 15 heavy (non-hydrogen) atoms. The minimum absolute atomic E-state index is 0.146. The van der Waals surface area contributed by atoms with E-state index in [0.29, 0.717) is 21.9 Å². The van der Waals surface area contributed by atoms with Crippen molar-refractivity contribution in [1.82, 2.24) is 9.97 Å². The van der Waals surface area contributed by atoms with Crippen molar-refractivity contribution >= 4 is 22.5 Å². The second-order valence-electron chi connectivity index (χ2n) is 3.36. The Morgan fingerprint density at radius 3 is 2.80 bits per heavy atom. The van der Waals surface area contributed by atoms with Gasteiger partial charge in [0.1, 0.15) is 16.7 Å². The van der Waals surface area contributed by atoms with E-state index >= 15 is 0 Å². The zero-order valence-electron chi connectivity index (χ0n) is 8.11. The summed E-state index contributed by atoms with van der Waals surface area (Å²) >= 11 is 5.97. The fourth-order valence-electron chi connectivity index (χ4n) is 1.30. The fraction of sp³-hybridized carbons (Fsp3) is 0.200. The monoisotopic (exact) mass is 223 g/mol. The highest BCUT2D eigenvalue weighted by Gasteiger charge is 2.09. The molecule has 0 amide bonds. The molecule has 1 heterocycles. The first-order valence-corrected chi connectivity index (χ1v) is 4.87. The predicted molar refractivity (Wildman–Crippen MR) is 58.8 cm³/mol. The standard InChI is InChI=1S/C10H10ClN3O/c1-5(12)10-13-8-4-6(15)2-3-7(8)9(11)14-10/h2-5,15H,12H2,1H3. The quantitative estimate of drug-likeness (QED) is 0.726. The third-order valence-corrected chi connectivity index (χ3v) is 2.35. The largest absolute Gasteiger partial charge is 0.508 e. The van der Waals surface area contributed by atoms with E-state index in [9.17, 15) is 5.11 Å². The Balaban J connectivity index is 2.74. The van der Waals surface area contributed by atoms with Crippen molar-refractivity contribution in [3.63, 3.8) is 0 Å². The lowest BCUT2D eigenvalue weighted by molar-refractivity contribution is 0.476. The second-order valence-corrected chi connectivity index (χ2v) is 3.72. The first kappa shape index (κ1) is 10.1. The van der Waals surface area contributed by atoms with Gasteiger partial charge in [-0.1, -0.05) is 11.6 Å².